The summed E-state index contributed by atoms with van der Waals surface area (Å²) in [7, 11) is 1.90. The van der Waals surface area contributed by atoms with Crippen LogP contribution in [0, 0.1) is 5.92 Å². The van der Waals surface area contributed by atoms with Gasteiger partial charge in [0, 0.05) is 12.8 Å². The van der Waals surface area contributed by atoms with Crippen LogP contribution < -0.4 is 11.1 Å². The number of nitrogens with zero attached hydrogens (tertiary/aromatic N) is 3. The molecule has 2 rings (SSSR count). The summed E-state index contributed by atoms with van der Waals surface area (Å²) in [6.45, 7) is 2.35. The van der Waals surface area contributed by atoms with Gasteiger partial charge in [0.25, 0.3) is 0 Å². The van der Waals surface area contributed by atoms with Crippen LogP contribution in [0.15, 0.2) is 5.16 Å². The summed E-state index contributed by atoms with van der Waals surface area (Å²) in [4.78, 5) is 0. The van der Waals surface area contributed by atoms with Gasteiger partial charge in [0.2, 0.25) is 5.95 Å². The molecule has 90 valence electrons. The average Bonchev–Trinajstić information content (AvgIpc) is 2.62. The fourth-order valence-corrected chi connectivity index (χ4v) is 2.96. The molecule has 5 nitrogen and oxygen atoms in total. The minimum Gasteiger partial charge on any atom is -0.368 e. The van der Waals surface area contributed by atoms with Crippen molar-refractivity contribution in [1.82, 2.24) is 20.1 Å². The number of thioether (sulfide) groups is 1. The zero-order chi connectivity index (χ0) is 11.4. The zero-order valence-electron chi connectivity index (χ0n) is 9.65. The number of nitrogens with one attached hydrogen (secondary N) is 1. The van der Waals surface area contributed by atoms with Gasteiger partial charge in [-0.3, -0.25) is 4.57 Å². The number of anilines is 1. The highest BCUT2D eigenvalue weighted by Crippen LogP contribution is 2.21. The van der Waals surface area contributed by atoms with Crippen molar-refractivity contribution < 1.29 is 0 Å². The highest BCUT2D eigenvalue weighted by molar-refractivity contribution is 7.99. The van der Waals surface area contributed by atoms with E-state index in [1.165, 1.54) is 32.4 Å². The van der Waals surface area contributed by atoms with Crippen LogP contribution in [0.5, 0.6) is 0 Å². The number of aromatic nitrogens is 3. The summed E-state index contributed by atoms with van der Waals surface area (Å²) in [5, 5.41) is 12.2. The SMILES string of the molecule is Cn1c(N)nnc1SCCC1CCCNC1. The van der Waals surface area contributed by atoms with Crippen LogP contribution in [0.3, 0.4) is 0 Å². The molecule has 1 aliphatic rings. The molecule has 1 aromatic heterocycles. The molecule has 0 amide bonds. The van der Waals surface area contributed by atoms with E-state index in [1.807, 2.05) is 11.6 Å². The molecule has 1 unspecified atom stereocenters. The van der Waals surface area contributed by atoms with Gasteiger partial charge in [-0.15, -0.1) is 10.2 Å². The molecule has 1 atom stereocenters. The van der Waals surface area contributed by atoms with Crippen molar-refractivity contribution in [2.75, 3.05) is 24.6 Å². The Bertz CT molecular complexity index is 332. The van der Waals surface area contributed by atoms with Gasteiger partial charge in [0.1, 0.15) is 0 Å². The Hall–Kier alpha value is -0.750. The molecule has 6 heteroatoms. The molecule has 0 aromatic carbocycles. The topological polar surface area (TPSA) is 68.8 Å². The van der Waals surface area contributed by atoms with Crippen LogP contribution in [0.4, 0.5) is 5.95 Å². The molecule has 0 saturated carbocycles. The maximum absolute atomic E-state index is 5.62. The van der Waals surface area contributed by atoms with Gasteiger partial charge in [-0.2, -0.15) is 0 Å². The molecule has 0 spiro atoms. The molecule has 3 N–H and O–H groups in total. The predicted molar refractivity (Wildman–Crippen MR) is 66.4 cm³/mol. The highest BCUT2D eigenvalue weighted by atomic mass is 32.2. The molecule has 1 saturated heterocycles. The predicted octanol–water partition coefficient (Wildman–Crippen LogP) is 0.879. The van der Waals surface area contributed by atoms with Crippen LogP contribution in [-0.2, 0) is 7.05 Å². The number of piperidine rings is 1. The fraction of sp³-hybridized carbons (Fsp3) is 0.800. The van der Waals surface area contributed by atoms with Crippen molar-refractivity contribution in [2.45, 2.75) is 24.4 Å². The van der Waals surface area contributed by atoms with Crippen molar-refractivity contribution in [1.29, 1.82) is 0 Å². The largest absolute Gasteiger partial charge is 0.368 e. The number of nitrogen functional groups attached to an aromatic ring is 1. The summed E-state index contributed by atoms with van der Waals surface area (Å²) in [6.07, 6.45) is 3.91. The van der Waals surface area contributed by atoms with E-state index >= 15 is 0 Å². The Labute approximate surface area is 100 Å². The smallest absolute Gasteiger partial charge is 0.222 e. The molecule has 1 fully saturated rings. The lowest BCUT2D eigenvalue weighted by Gasteiger charge is -2.22. The zero-order valence-corrected chi connectivity index (χ0v) is 10.5. The van der Waals surface area contributed by atoms with E-state index in [2.05, 4.69) is 15.5 Å². The molecule has 16 heavy (non-hydrogen) atoms. The molecular formula is C10H19N5S. The quantitative estimate of drug-likeness (QED) is 0.766. The summed E-state index contributed by atoms with van der Waals surface area (Å²) in [5.41, 5.74) is 5.62. The Kier molecular flexibility index (Phi) is 4.06. The monoisotopic (exact) mass is 241 g/mol. The van der Waals surface area contributed by atoms with Crippen LogP contribution in [-0.4, -0.2) is 33.6 Å². The van der Waals surface area contributed by atoms with Crippen LogP contribution in [0.2, 0.25) is 0 Å². The second kappa shape index (κ2) is 5.54. The number of nitrogens with two attached hydrogens (primary N) is 1. The lowest BCUT2D eigenvalue weighted by Crippen LogP contribution is -2.29. The molecule has 0 aliphatic carbocycles. The second-order valence-corrected chi connectivity index (χ2v) is 5.31. The minimum atomic E-state index is 0.488. The number of rotatable bonds is 4. The van der Waals surface area contributed by atoms with Gasteiger partial charge in [0.05, 0.1) is 0 Å². The van der Waals surface area contributed by atoms with Crippen LogP contribution in [0.1, 0.15) is 19.3 Å². The van der Waals surface area contributed by atoms with E-state index in [9.17, 15) is 0 Å². The highest BCUT2D eigenvalue weighted by Gasteiger charge is 2.13. The van der Waals surface area contributed by atoms with Crippen molar-refractivity contribution in [3.05, 3.63) is 0 Å². The van der Waals surface area contributed by atoms with Crippen molar-refractivity contribution in [3.63, 3.8) is 0 Å². The van der Waals surface area contributed by atoms with Crippen molar-refractivity contribution in [2.24, 2.45) is 13.0 Å². The maximum Gasteiger partial charge on any atom is 0.222 e. The fourth-order valence-electron chi connectivity index (χ4n) is 1.94. The van der Waals surface area contributed by atoms with E-state index in [1.54, 1.807) is 11.8 Å². The van der Waals surface area contributed by atoms with Gasteiger partial charge in [-0.25, -0.2) is 0 Å². The van der Waals surface area contributed by atoms with Gasteiger partial charge in [-0.1, -0.05) is 11.8 Å². The second-order valence-electron chi connectivity index (χ2n) is 4.25. The number of hydrogen-bond acceptors (Lipinski definition) is 5. The van der Waals surface area contributed by atoms with Gasteiger partial charge in [-0.05, 0) is 38.3 Å². The standard InChI is InChI=1S/C10H19N5S/c1-15-9(11)13-14-10(15)16-6-4-8-3-2-5-12-7-8/h8,12H,2-7H2,1H3,(H2,11,13). The molecular weight excluding hydrogens is 222 g/mol. The minimum absolute atomic E-state index is 0.488. The molecule has 2 heterocycles. The van der Waals surface area contributed by atoms with E-state index < -0.39 is 0 Å². The Balaban J connectivity index is 1.73. The van der Waals surface area contributed by atoms with E-state index in [4.69, 9.17) is 5.73 Å². The normalized spacial score (nSPS) is 21.2. The number of hydrogen-bond donors (Lipinski definition) is 2. The Morgan fingerprint density at radius 1 is 1.56 bits per heavy atom. The van der Waals surface area contributed by atoms with E-state index in [0.717, 1.165) is 16.8 Å². The molecule has 0 bridgehead atoms. The molecule has 1 aromatic rings. The maximum atomic E-state index is 5.62. The summed E-state index contributed by atoms with van der Waals surface area (Å²) in [6, 6.07) is 0. The lowest BCUT2D eigenvalue weighted by atomic mass is 9.97. The first kappa shape index (κ1) is 11.7. The van der Waals surface area contributed by atoms with Crippen molar-refractivity contribution in [3.8, 4) is 0 Å². The lowest BCUT2D eigenvalue weighted by molar-refractivity contribution is 0.371. The van der Waals surface area contributed by atoms with Gasteiger partial charge < -0.3 is 11.1 Å². The Morgan fingerprint density at radius 2 is 2.44 bits per heavy atom. The first-order chi connectivity index (χ1) is 7.77. The summed E-state index contributed by atoms with van der Waals surface area (Å²) >= 11 is 1.74. The van der Waals surface area contributed by atoms with Crippen LogP contribution >= 0.6 is 11.8 Å². The van der Waals surface area contributed by atoms with Gasteiger partial charge in [0.15, 0.2) is 5.16 Å². The van der Waals surface area contributed by atoms with Crippen LogP contribution in [0.25, 0.3) is 0 Å². The first-order valence-corrected chi connectivity index (χ1v) is 6.74. The molecule has 0 radical (unpaired) electrons. The summed E-state index contributed by atoms with van der Waals surface area (Å²) < 4.78 is 1.84. The van der Waals surface area contributed by atoms with Gasteiger partial charge >= 0.3 is 0 Å². The average molecular weight is 241 g/mol. The van der Waals surface area contributed by atoms with E-state index in [-0.39, 0.29) is 0 Å². The third-order valence-corrected chi connectivity index (χ3v) is 4.08. The molecule has 1 aliphatic heterocycles. The third-order valence-electron chi connectivity index (χ3n) is 3.02. The Morgan fingerprint density at radius 3 is 3.06 bits per heavy atom. The third kappa shape index (κ3) is 2.89. The summed E-state index contributed by atoms with van der Waals surface area (Å²) in [5.74, 6) is 2.41. The van der Waals surface area contributed by atoms with Crippen molar-refractivity contribution >= 4 is 17.7 Å². The van der Waals surface area contributed by atoms with E-state index in [0.29, 0.717) is 5.95 Å². The first-order valence-electron chi connectivity index (χ1n) is 5.75.